The molecule has 0 unspecified atom stereocenters. The summed E-state index contributed by atoms with van der Waals surface area (Å²) in [5, 5.41) is 0.0964. The standard InChI is InChI=1S/C14H17BrN2O5/c1-16(2)13(19)21-10-5-9(12(18)8-15)6-11(7-10)22-14(20)17(3)4/h5-7H,8H2,1-4H3. The molecule has 7 nitrogen and oxygen atoms in total. The Morgan fingerprint density at radius 3 is 1.64 bits per heavy atom. The van der Waals surface area contributed by atoms with Crippen LogP contribution in [-0.2, 0) is 0 Å². The van der Waals surface area contributed by atoms with Crippen LogP contribution in [-0.4, -0.2) is 61.3 Å². The minimum Gasteiger partial charge on any atom is -0.410 e. The molecule has 0 atom stereocenters. The average molecular weight is 373 g/mol. The SMILES string of the molecule is CN(C)C(=O)Oc1cc(OC(=O)N(C)C)cc(C(=O)CBr)c1. The van der Waals surface area contributed by atoms with E-state index in [2.05, 4.69) is 15.9 Å². The van der Waals surface area contributed by atoms with E-state index in [-0.39, 0.29) is 28.2 Å². The van der Waals surface area contributed by atoms with Crippen molar-refractivity contribution in [1.29, 1.82) is 0 Å². The van der Waals surface area contributed by atoms with Gasteiger partial charge in [0.15, 0.2) is 5.78 Å². The summed E-state index contributed by atoms with van der Waals surface area (Å²) < 4.78 is 10.2. The molecule has 2 amide bonds. The van der Waals surface area contributed by atoms with Crippen molar-refractivity contribution in [2.45, 2.75) is 0 Å². The van der Waals surface area contributed by atoms with Gasteiger partial charge in [0.2, 0.25) is 0 Å². The molecule has 0 saturated heterocycles. The molecule has 1 aromatic rings. The van der Waals surface area contributed by atoms with E-state index in [1.165, 1.54) is 56.2 Å². The zero-order chi connectivity index (χ0) is 16.9. The Morgan fingerprint density at radius 2 is 1.32 bits per heavy atom. The average Bonchev–Trinajstić information content (AvgIpc) is 2.45. The van der Waals surface area contributed by atoms with Gasteiger partial charge in [0.05, 0.1) is 5.33 Å². The Labute approximate surface area is 136 Å². The maximum atomic E-state index is 11.8. The Morgan fingerprint density at radius 1 is 0.909 bits per heavy atom. The summed E-state index contributed by atoms with van der Waals surface area (Å²) in [6.45, 7) is 0. The van der Waals surface area contributed by atoms with E-state index in [1.54, 1.807) is 0 Å². The van der Waals surface area contributed by atoms with Crippen molar-refractivity contribution < 1.29 is 23.9 Å². The lowest BCUT2D eigenvalue weighted by atomic mass is 10.1. The van der Waals surface area contributed by atoms with Crippen LogP contribution >= 0.6 is 15.9 Å². The fraction of sp³-hybridized carbons (Fsp3) is 0.357. The number of ether oxygens (including phenoxy) is 2. The lowest BCUT2D eigenvalue weighted by Gasteiger charge is -2.14. The summed E-state index contributed by atoms with van der Waals surface area (Å²) in [7, 11) is 6.12. The van der Waals surface area contributed by atoms with Crippen molar-refractivity contribution >= 4 is 33.9 Å². The molecule has 0 aliphatic rings. The summed E-state index contributed by atoms with van der Waals surface area (Å²) in [4.78, 5) is 37.5. The van der Waals surface area contributed by atoms with Crippen LogP contribution in [0.2, 0.25) is 0 Å². The van der Waals surface area contributed by atoms with Crippen LogP contribution in [0.1, 0.15) is 10.4 Å². The molecule has 22 heavy (non-hydrogen) atoms. The van der Waals surface area contributed by atoms with Gasteiger partial charge in [-0.05, 0) is 12.1 Å². The third kappa shape index (κ3) is 5.03. The quantitative estimate of drug-likeness (QED) is 0.598. The van der Waals surface area contributed by atoms with Gasteiger partial charge in [-0.1, -0.05) is 15.9 Å². The Balaban J connectivity index is 3.13. The highest BCUT2D eigenvalue weighted by Gasteiger charge is 2.15. The van der Waals surface area contributed by atoms with E-state index in [0.29, 0.717) is 0 Å². The van der Waals surface area contributed by atoms with Gasteiger partial charge in [-0.25, -0.2) is 9.59 Å². The van der Waals surface area contributed by atoms with Crippen LogP contribution in [0.5, 0.6) is 11.5 Å². The third-order valence-corrected chi connectivity index (χ3v) is 2.97. The van der Waals surface area contributed by atoms with Gasteiger partial charge in [-0.3, -0.25) is 4.79 Å². The molecule has 0 spiro atoms. The van der Waals surface area contributed by atoms with Crippen LogP contribution in [0.4, 0.5) is 9.59 Å². The second-order valence-corrected chi connectivity index (χ2v) is 5.34. The number of benzene rings is 1. The molecule has 0 aliphatic heterocycles. The lowest BCUT2D eigenvalue weighted by molar-refractivity contribution is 0.102. The number of amides is 2. The second-order valence-electron chi connectivity index (χ2n) is 4.77. The topological polar surface area (TPSA) is 76.2 Å². The highest BCUT2D eigenvalue weighted by atomic mass is 79.9. The first-order valence-electron chi connectivity index (χ1n) is 6.27. The maximum Gasteiger partial charge on any atom is 0.414 e. The fourth-order valence-electron chi connectivity index (χ4n) is 1.31. The zero-order valence-electron chi connectivity index (χ0n) is 12.8. The third-order valence-electron chi connectivity index (χ3n) is 2.46. The maximum absolute atomic E-state index is 11.8. The smallest absolute Gasteiger partial charge is 0.410 e. The van der Waals surface area contributed by atoms with Crippen molar-refractivity contribution in [3.05, 3.63) is 23.8 Å². The van der Waals surface area contributed by atoms with Gasteiger partial charge in [0, 0.05) is 39.8 Å². The number of carbonyl (C=O) groups excluding carboxylic acids is 3. The van der Waals surface area contributed by atoms with Crippen molar-refractivity contribution in [1.82, 2.24) is 9.80 Å². The number of ketones is 1. The van der Waals surface area contributed by atoms with Gasteiger partial charge in [0.1, 0.15) is 11.5 Å². The number of alkyl halides is 1. The van der Waals surface area contributed by atoms with Crippen LogP contribution < -0.4 is 9.47 Å². The van der Waals surface area contributed by atoms with E-state index >= 15 is 0 Å². The molecule has 1 aromatic carbocycles. The molecule has 0 fully saturated rings. The number of hydrogen-bond acceptors (Lipinski definition) is 5. The van der Waals surface area contributed by atoms with Gasteiger partial charge >= 0.3 is 12.2 Å². The minimum absolute atomic E-state index is 0.0964. The highest BCUT2D eigenvalue weighted by Crippen LogP contribution is 2.24. The summed E-state index contributed by atoms with van der Waals surface area (Å²) in [5.41, 5.74) is 0.266. The summed E-state index contributed by atoms with van der Waals surface area (Å²) in [6.07, 6.45) is -1.21. The van der Waals surface area contributed by atoms with Crippen LogP contribution in [0.25, 0.3) is 0 Å². The first kappa shape index (κ1) is 18.0. The van der Waals surface area contributed by atoms with E-state index in [0.717, 1.165) is 0 Å². The van der Waals surface area contributed by atoms with Crippen LogP contribution in [0, 0.1) is 0 Å². The number of Topliss-reactive ketones (excluding diaryl/α,β-unsaturated/α-hetero) is 1. The number of halogens is 1. The largest absolute Gasteiger partial charge is 0.414 e. The molecule has 0 saturated carbocycles. The predicted octanol–water partition coefficient (Wildman–Crippen LogP) is 2.39. The Kier molecular flexibility index (Phi) is 6.36. The zero-order valence-corrected chi connectivity index (χ0v) is 14.3. The molecule has 0 aromatic heterocycles. The first-order valence-corrected chi connectivity index (χ1v) is 7.39. The molecular formula is C14H17BrN2O5. The fourth-order valence-corrected chi connectivity index (χ4v) is 1.64. The molecule has 0 aliphatic carbocycles. The summed E-state index contributed by atoms with van der Waals surface area (Å²) >= 11 is 3.07. The number of carbonyl (C=O) groups is 3. The van der Waals surface area contributed by atoms with E-state index < -0.39 is 12.2 Å². The summed E-state index contributed by atoms with van der Waals surface area (Å²) in [6, 6.07) is 4.20. The molecule has 0 radical (unpaired) electrons. The minimum atomic E-state index is -0.603. The first-order chi connectivity index (χ1) is 10.2. The second kappa shape index (κ2) is 7.79. The molecule has 0 N–H and O–H groups in total. The highest BCUT2D eigenvalue weighted by molar-refractivity contribution is 9.09. The molecule has 0 bridgehead atoms. The van der Waals surface area contributed by atoms with Crippen LogP contribution in [0.15, 0.2) is 18.2 Å². The lowest BCUT2D eigenvalue weighted by Crippen LogP contribution is -2.26. The number of hydrogen-bond donors (Lipinski definition) is 0. The molecule has 1 rings (SSSR count). The monoisotopic (exact) mass is 372 g/mol. The van der Waals surface area contributed by atoms with Gasteiger partial charge in [-0.15, -0.1) is 0 Å². The van der Waals surface area contributed by atoms with Crippen molar-refractivity contribution in [2.75, 3.05) is 33.5 Å². The van der Waals surface area contributed by atoms with Gasteiger partial charge in [-0.2, -0.15) is 0 Å². The van der Waals surface area contributed by atoms with Crippen molar-refractivity contribution in [3.63, 3.8) is 0 Å². The van der Waals surface area contributed by atoms with Crippen molar-refractivity contribution in [2.24, 2.45) is 0 Å². The van der Waals surface area contributed by atoms with Gasteiger partial charge < -0.3 is 19.3 Å². The number of rotatable bonds is 4. The van der Waals surface area contributed by atoms with E-state index in [9.17, 15) is 14.4 Å². The molecule has 120 valence electrons. The van der Waals surface area contributed by atoms with E-state index in [4.69, 9.17) is 9.47 Å². The molecular weight excluding hydrogens is 356 g/mol. The molecule has 0 heterocycles. The van der Waals surface area contributed by atoms with Crippen molar-refractivity contribution in [3.8, 4) is 11.5 Å². The molecule has 8 heteroatoms. The summed E-state index contributed by atoms with van der Waals surface area (Å²) in [5.74, 6) is 0.00372. The Bertz CT molecular complexity index is 546. The van der Waals surface area contributed by atoms with Crippen LogP contribution in [0.3, 0.4) is 0 Å². The normalized spacial score (nSPS) is 9.86. The number of nitrogens with zero attached hydrogens (tertiary/aromatic N) is 2. The predicted molar refractivity (Wildman–Crippen MR) is 84.0 cm³/mol. The van der Waals surface area contributed by atoms with E-state index in [1.807, 2.05) is 0 Å². The van der Waals surface area contributed by atoms with Gasteiger partial charge in [0.25, 0.3) is 0 Å². The Hall–Kier alpha value is -2.09.